The van der Waals surface area contributed by atoms with Crippen LogP contribution in [0.25, 0.3) is 0 Å². The maximum absolute atomic E-state index is 13.8. The van der Waals surface area contributed by atoms with E-state index in [9.17, 15) is 26.7 Å². The Morgan fingerprint density at radius 1 is 1.00 bits per heavy atom. The summed E-state index contributed by atoms with van der Waals surface area (Å²) in [7, 11) is 0. The van der Waals surface area contributed by atoms with Gasteiger partial charge in [0.2, 0.25) is 0 Å². The maximum Gasteiger partial charge on any atom is 0.267 e. The Labute approximate surface area is 122 Å². The summed E-state index contributed by atoms with van der Waals surface area (Å²) in [5, 5.41) is 0. The highest BCUT2D eigenvalue weighted by molar-refractivity contribution is 5.94. The molecular weight excluding hydrogens is 307 g/mol. The third kappa shape index (κ3) is 3.08. The number of alkyl halides is 1. The van der Waals surface area contributed by atoms with Crippen molar-refractivity contribution in [1.29, 1.82) is 0 Å². The van der Waals surface area contributed by atoms with Gasteiger partial charge in [-0.2, -0.15) is 4.39 Å². The molecule has 0 aliphatic carbocycles. The van der Waals surface area contributed by atoms with Crippen molar-refractivity contribution in [1.82, 2.24) is 0 Å². The molecule has 7 heteroatoms. The lowest BCUT2D eigenvalue weighted by atomic mass is 10.1. The van der Waals surface area contributed by atoms with Crippen LogP contribution >= 0.6 is 0 Å². The van der Waals surface area contributed by atoms with E-state index in [-0.39, 0.29) is 17.6 Å². The minimum absolute atomic E-state index is 0.0953. The molecule has 0 fully saturated rings. The molecule has 0 aromatic heterocycles. The molecule has 1 atom stereocenters. The van der Waals surface area contributed by atoms with Gasteiger partial charge in [-0.25, -0.2) is 17.6 Å². The van der Waals surface area contributed by atoms with Gasteiger partial charge in [0.05, 0.1) is 5.56 Å². The predicted molar refractivity (Wildman–Crippen MR) is 67.2 cm³/mol. The molecule has 0 saturated carbocycles. The fourth-order valence-electron chi connectivity index (χ4n) is 1.71. The highest BCUT2D eigenvalue weighted by atomic mass is 19.2. The van der Waals surface area contributed by atoms with Gasteiger partial charge in [0, 0.05) is 5.56 Å². The van der Waals surface area contributed by atoms with E-state index in [4.69, 9.17) is 4.74 Å². The average molecular weight is 316 g/mol. The van der Waals surface area contributed by atoms with Crippen molar-refractivity contribution in [2.24, 2.45) is 0 Å². The molecule has 2 aromatic carbocycles. The highest BCUT2D eigenvalue weighted by Gasteiger charge is 2.25. The van der Waals surface area contributed by atoms with Gasteiger partial charge in [-0.15, -0.1) is 0 Å². The van der Waals surface area contributed by atoms with Crippen molar-refractivity contribution < 1.29 is 31.5 Å². The summed E-state index contributed by atoms with van der Waals surface area (Å²) in [4.78, 5) is 11.1. The Morgan fingerprint density at radius 3 is 2.14 bits per heavy atom. The second-order valence-electron chi connectivity index (χ2n) is 4.40. The summed E-state index contributed by atoms with van der Waals surface area (Å²) in [5.74, 6) is -8.06. The fraction of sp³-hybridized carbons (Fsp3) is 0.133. The van der Waals surface area contributed by atoms with Crippen LogP contribution in [0.5, 0.6) is 5.75 Å². The van der Waals surface area contributed by atoms with Gasteiger partial charge in [0.25, 0.3) is 6.36 Å². The van der Waals surface area contributed by atoms with Crippen LogP contribution in [0.15, 0.2) is 30.3 Å². The van der Waals surface area contributed by atoms with Gasteiger partial charge in [0.1, 0.15) is 5.75 Å². The molecule has 2 aromatic rings. The molecule has 0 amide bonds. The van der Waals surface area contributed by atoms with E-state index in [1.54, 1.807) is 0 Å². The Morgan fingerprint density at radius 2 is 1.59 bits per heavy atom. The smallest absolute Gasteiger partial charge is 0.267 e. The van der Waals surface area contributed by atoms with E-state index in [2.05, 4.69) is 0 Å². The molecule has 0 N–H and O–H groups in total. The lowest BCUT2D eigenvalue weighted by Crippen LogP contribution is -2.09. The topological polar surface area (TPSA) is 26.3 Å². The number of rotatable bonds is 4. The molecule has 116 valence electrons. The third-order valence-corrected chi connectivity index (χ3v) is 2.88. The summed E-state index contributed by atoms with van der Waals surface area (Å²) in [6.45, 7) is 1.33. The number of ketones is 1. The Bertz CT molecular complexity index is 713. The fourth-order valence-corrected chi connectivity index (χ4v) is 1.71. The summed E-state index contributed by atoms with van der Waals surface area (Å²) < 4.78 is 70.8. The SMILES string of the molecule is CC(=O)c1ccc(OC(F)c2cc(F)c(F)c(F)c2F)cc1. The molecule has 2 rings (SSSR count). The van der Waals surface area contributed by atoms with Crippen molar-refractivity contribution in [3.8, 4) is 5.75 Å². The molecule has 1 unspecified atom stereocenters. The van der Waals surface area contributed by atoms with E-state index in [1.807, 2.05) is 0 Å². The van der Waals surface area contributed by atoms with E-state index < -0.39 is 35.2 Å². The summed E-state index contributed by atoms with van der Waals surface area (Å²) in [6.07, 6.45) is -2.55. The van der Waals surface area contributed by atoms with Crippen molar-refractivity contribution in [3.05, 3.63) is 64.7 Å². The molecule has 0 saturated heterocycles. The van der Waals surface area contributed by atoms with Crippen LogP contribution in [-0.4, -0.2) is 5.78 Å². The minimum atomic E-state index is -2.55. The van der Waals surface area contributed by atoms with Crippen LogP contribution in [0.1, 0.15) is 29.2 Å². The first-order chi connectivity index (χ1) is 10.3. The highest BCUT2D eigenvalue weighted by Crippen LogP contribution is 2.28. The number of hydrogen-bond acceptors (Lipinski definition) is 2. The number of halogens is 5. The van der Waals surface area contributed by atoms with Gasteiger partial charge in [-0.1, -0.05) is 0 Å². The second kappa shape index (κ2) is 6.13. The van der Waals surface area contributed by atoms with E-state index in [0.29, 0.717) is 5.56 Å². The zero-order chi connectivity index (χ0) is 16.4. The van der Waals surface area contributed by atoms with Crippen LogP contribution < -0.4 is 4.74 Å². The summed E-state index contributed by atoms with van der Waals surface area (Å²) in [5.41, 5.74) is -0.764. The van der Waals surface area contributed by atoms with Crippen molar-refractivity contribution >= 4 is 5.78 Å². The van der Waals surface area contributed by atoms with Gasteiger partial charge in [-0.3, -0.25) is 4.79 Å². The maximum atomic E-state index is 13.8. The van der Waals surface area contributed by atoms with Crippen molar-refractivity contribution in [2.45, 2.75) is 13.3 Å². The van der Waals surface area contributed by atoms with E-state index in [1.165, 1.54) is 31.2 Å². The molecule has 0 aliphatic rings. The zero-order valence-electron chi connectivity index (χ0n) is 11.2. The number of carbonyl (C=O) groups excluding carboxylic acids is 1. The van der Waals surface area contributed by atoms with Gasteiger partial charge in [0.15, 0.2) is 29.1 Å². The van der Waals surface area contributed by atoms with Crippen LogP contribution in [0, 0.1) is 23.3 Å². The first kappa shape index (κ1) is 15.9. The Hall–Kier alpha value is -2.44. The summed E-state index contributed by atoms with van der Waals surface area (Å²) in [6, 6.07) is 5.33. The van der Waals surface area contributed by atoms with Crippen LogP contribution in [0.3, 0.4) is 0 Å². The third-order valence-electron chi connectivity index (χ3n) is 2.88. The predicted octanol–water partition coefficient (Wildman–Crippen LogP) is 4.49. The van der Waals surface area contributed by atoms with Crippen LogP contribution in [0.2, 0.25) is 0 Å². The largest absolute Gasteiger partial charge is 0.456 e. The minimum Gasteiger partial charge on any atom is -0.456 e. The zero-order valence-corrected chi connectivity index (χ0v) is 11.2. The molecule has 0 spiro atoms. The normalized spacial score (nSPS) is 12.1. The first-order valence-electron chi connectivity index (χ1n) is 6.06. The lowest BCUT2D eigenvalue weighted by molar-refractivity contribution is 0.0622. The molecule has 0 radical (unpaired) electrons. The van der Waals surface area contributed by atoms with E-state index >= 15 is 0 Å². The first-order valence-corrected chi connectivity index (χ1v) is 6.06. The molecule has 0 bridgehead atoms. The number of carbonyl (C=O) groups is 1. The van der Waals surface area contributed by atoms with Crippen LogP contribution in [-0.2, 0) is 0 Å². The number of hydrogen-bond donors (Lipinski definition) is 0. The summed E-state index contributed by atoms with van der Waals surface area (Å²) >= 11 is 0. The quantitative estimate of drug-likeness (QED) is 0.359. The van der Waals surface area contributed by atoms with Gasteiger partial charge < -0.3 is 4.74 Å². The standard InChI is InChI=1S/C15H9F5O2/c1-7(21)8-2-4-9(5-3-8)22-15(20)10-6-11(16)13(18)14(19)12(10)17/h2-6,15H,1H3. The van der Waals surface area contributed by atoms with Gasteiger partial charge >= 0.3 is 0 Å². The second-order valence-corrected chi connectivity index (χ2v) is 4.40. The number of Topliss-reactive ketones (excluding diaryl/α,β-unsaturated/α-hetero) is 1. The van der Waals surface area contributed by atoms with Crippen molar-refractivity contribution in [3.63, 3.8) is 0 Å². The molecular formula is C15H9F5O2. The molecule has 0 aliphatic heterocycles. The monoisotopic (exact) mass is 316 g/mol. The van der Waals surface area contributed by atoms with E-state index in [0.717, 1.165) is 0 Å². The van der Waals surface area contributed by atoms with Gasteiger partial charge in [-0.05, 0) is 37.3 Å². The van der Waals surface area contributed by atoms with Crippen LogP contribution in [0.4, 0.5) is 22.0 Å². The Kier molecular flexibility index (Phi) is 4.44. The number of benzene rings is 2. The average Bonchev–Trinajstić information content (AvgIpc) is 2.49. The molecule has 2 nitrogen and oxygen atoms in total. The molecule has 22 heavy (non-hydrogen) atoms. The number of ether oxygens (including phenoxy) is 1. The lowest BCUT2D eigenvalue weighted by Gasteiger charge is -2.13. The Balaban J connectivity index is 2.26. The van der Waals surface area contributed by atoms with Crippen molar-refractivity contribution in [2.75, 3.05) is 0 Å². The molecule has 0 heterocycles.